The standard InChI is InChI=1S/C16H19NO3/c1-5-19-15(18)8-11(3)17-14-7-6-13-10(2)9-20-16(13)12(14)4/h6-9,17H,5H2,1-4H3/b11-8+. The van der Waals surface area contributed by atoms with Gasteiger partial charge in [0.05, 0.1) is 12.9 Å². The number of allylic oxidation sites excluding steroid dienone is 1. The van der Waals surface area contributed by atoms with E-state index in [1.165, 1.54) is 6.08 Å². The molecule has 0 radical (unpaired) electrons. The van der Waals surface area contributed by atoms with Gasteiger partial charge in [-0.15, -0.1) is 0 Å². The van der Waals surface area contributed by atoms with Crippen LogP contribution in [0.4, 0.5) is 5.69 Å². The van der Waals surface area contributed by atoms with Crippen molar-refractivity contribution in [1.82, 2.24) is 0 Å². The van der Waals surface area contributed by atoms with Crippen molar-refractivity contribution >= 4 is 22.6 Å². The lowest BCUT2D eigenvalue weighted by Crippen LogP contribution is -2.05. The van der Waals surface area contributed by atoms with Gasteiger partial charge in [-0.2, -0.15) is 0 Å². The molecule has 1 aromatic carbocycles. The number of ether oxygens (including phenoxy) is 1. The maximum atomic E-state index is 11.4. The number of furan rings is 1. The Morgan fingerprint density at radius 2 is 2.15 bits per heavy atom. The first-order valence-electron chi connectivity index (χ1n) is 6.62. The van der Waals surface area contributed by atoms with Crippen LogP contribution in [0.2, 0.25) is 0 Å². The van der Waals surface area contributed by atoms with E-state index in [-0.39, 0.29) is 5.97 Å². The van der Waals surface area contributed by atoms with Crippen LogP contribution in [0.25, 0.3) is 11.0 Å². The molecule has 1 heterocycles. The van der Waals surface area contributed by atoms with Gasteiger partial charge in [0.15, 0.2) is 0 Å². The van der Waals surface area contributed by atoms with Crippen molar-refractivity contribution in [3.05, 3.63) is 41.3 Å². The van der Waals surface area contributed by atoms with Crippen LogP contribution in [0.5, 0.6) is 0 Å². The molecule has 20 heavy (non-hydrogen) atoms. The highest BCUT2D eigenvalue weighted by Gasteiger charge is 2.09. The van der Waals surface area contributed by atoms with Crippen LogP contribution in [0, 0.1) is 13.8 Å². The number of rotatable bonds is 4. The summed E-state index contributed by atoms with van der Waals surface area (Å²) in [4.78, 5) is 11.4. The minimum absolute atomic E-state index is 0.343. The SMILES string of the molecule is CCOC(=O)/C=C(\C)Nc1ccc2c(C)coc2c1C. The number of benzene rings is 1. The van der Waals surface area contributed by atoms with Crippen LogP contribution in [0.15, 0.2) is 34.6 Å². The Labute approximate surface area is 118 Å². The van der Waals surface area contributed by atoms with Gasteiger partial charge in [0, 0.05) is 28.4 Å². The van der Waals surface area contributed by atoms with Crippen molar-refractivity contribution in [2.45, 2.75) is 27.7 Å². The molecule has 0 aliphatic rings. The number of carbonyl (C=O) groups is 1. The molecule has 1 aromatic heterocycles. The first-order valence-corrected chi connectivity index (χ1v) is 6.62. The van der Waals surface area contributed by atoms with Crippen molar-refractivity contribution in [2.75, 3.05) is 11.9 Å². The van der Waals surface area contributed by atoms with Crippen LogP contribution in [0.1, 0.15) is 25.0 Å². The van der Waals surface area contributed by atoms with Gasteiger partial charge in [-0.25, -0.2) is 4.79 Å². The third-order valence-electron chi connectivity index (χ3n) is 3.14. The van der Waals surface area contributed by atoms with Crippen LogP contribution in [0.3, 0.4) is 0 Å². The van der Waals surface area contributed by atoms with E-state index >= 15 is 0 Å². The van der Waals surface area contributed by atoms with E-state index < -0.39 is 0 Å². The smallest absolute Gasteiger partial charge is 0.332 e. The molecule has 4 nitrogen and oxygen atoms in total. The molecule has 0 aliphatic carbocycles. The highest BCUT2D eigenvalue weighted by Crippen LogP contribution is 2.29. The third kappa shape index (κ3) is 2.85. The summed E-state index contributed by atoms with van der Waals surface area (Å²) in [6.07, 6.45) is 3.20. The van der Waals surface area contributed by atoms with E-state index in [0.29, 0.717) is 6.61 Å². The second-order valence-electron chi connectivity index (χ2n) is 4.74. The molecule has 2 rings (SSSR count). The van der Waals surface area contributed by atoms with Crippen molar-refractivity contribution in [3.63, 3.8) is 0 Å². The van der Waals surface area contributed by atoms with Gasteiger partial charge in [-0.1, -0.05) is 0 Å². The minimum Gasteiger partial charge on any atom is -0.464 e. The van der Waals surface area contributed by atoms with Gasteiger partial charge < -0.3 is 14.5 Å². The number of nitrogens with one attached hydrogen (secondary N) is 1. The lowest BCUT2D eigenvalue weighted by atomic mass is 10.1. The summed E-state index contributed by atoms with van der Waals surface area (Å²) in [5.74, 6) is -0.343. The molecule has 0 atom stereocenters. The Hall–Kier alpha value is -2.23. The first kappa shape index (κ1) is 14.2. The fourth-order valence-electron chi connectivity index (χ4n) is 2.11. The Morgan fingerprint density at radius 1 is 1.40 bits per heavy atom. The normalized spacial score (nSPS) is 11.7. The molecule has 4 heteroatoms. The van der Waals surface area contributed by atoms with Gasteiger partial charge in [0.1, 0.15) is 5.58 Å². The third-order valence-corrected chi connectivity index (χ3v) is 3.14. The number of hydrogen-bond donors (Lipinski definition) is 1. The highest BCUT2D eigenvalue weighted by atomic mass is 16.5. The molecular formula is C16H19NO3. The molecule has 0 bridgehead atoms. The van der Waals surface area contributed by atoms with Crippen molar-refractivity contribution < 1.29 is 13.9 Å². The summed E-state index contributed by atoms with van der Waals surface area (Å²) in [5, 5.41) is 4.31. The monoisotopic (exact) mass is 273 g/mol. The Balaban J connectivity index is 2.26. The second kappa shape index (κ2) is 5.82. The van der Waals surface area contributed by atoms with Gasteiger partial charge in [-0.05, 0) is 45.4 Å². The summed E-state index contributed by atoms with van der Waals surface area (Å²) < 4.78 is 10.5. The summed E-state index contributed by atoms with van der Waals surface area (Å²) in [6, 6.07) is 4.00. The number of esters is 1. The molecule has 1 N–H and O–H groups in total. The number of anilines is 1. The van der Waals surface area contributed by atoms with Crippen LogP contribution in [-0.2, 0) is 9.53 Å². The number of fused-ring (bicyclic) bond motifs is 1. The van der Waals surface area contributed by atoms with Crippen molar-refractivity contribution in [3.8, 4) is 0 Å². The molecule has 0 saturated heterocycles. The molecule has 0 aliphatic heterocycles. The Kier molecular flexibility index (Phi) is 4.13. The van der Waals surface area contributed by atoms with Gasteiger partial charge >= 0.3 is 5.97 Å². The molecule has 106 valence electrons. The topological polar surface area (TPSA) is 51.5 Å². The quantitative estimate of drug-likeness (QED) is 0.677. The number of aryl methyl sites for hydroxylation is 2. The van der Waals surface area contributed by atoms with Crippen LogP contribution >= 0.6 is 0 Å². The predicted octanol–water partition coefficient (Wildman–Crippen LogP) is 3.93. The first-order chi connectivity index (χ1) is 9.52. The van der Waals surface area contributed by atoms with Gasteiger partial charge in [-0.3, -0.25) is 0 Å². The molecule has 0 amide bonds. The van der Waals surface area contributed by atoms with E-state index in [9.17, 15) is 4.79 Å². The Morgan fingerprint density at radius 3 is 2.85 bits per heavy atom. The molecular weight excluding hydrogens is 254 g/mol. The molecule has 0 fully saturated rings. The average molecular weight is 273 g/mol. The zero-order valence-corrected chi connectivity index (χ0v) is 12.2. The molecule has 0 unspecified atom stereocenters. The highest BCUT2D eigenvalue weighted by molar-refractivity contribution is 5.89. The molecule has 0 saturated carbocycles. The second-order valence-corrected chi connectivity index (χ2v) is 4.74. The lowest BCUT2D eigenvalue weighted by Gasteiger charge is -2.10. The summed E-state index contributed by atoms with van der Waals surface area (Å²) in [7, 11) is 0. The van der Waals surface area contributed by atoms with E-state index in [0.717, 1.165) is 33.5 Å². The van der Waals surface area contributed by atoms with E-state index in [1.807, 2.05) is 32.9 Å². The van der Waals surface area contributed by atoms with Crippen LogP contribution < -0.4 is 5.32 Å². The Bertz CT molecular complexity index is 668. The molecule has 2 aromatic rings. The maximum absolute atomic E-state index is 11.4. The minimum atomic E-state index is -0.343. The summed E-state index contributed by atoms with van der Waals surface area (Å²) in [6.45, 7) is 7.99. The maximum Gasteiger partial charge on any atom is 0.332 e. The predicted molar refractivity (Wildman–Crippen MR) is 79.7 cm³/mol. The fraction of sp³-hybridized carbons (Fsp3) is 0.312. The number of carbonyl (C=O) groups excluding carboxylic acids is 1. The zero-order chi connectivity index (χ0) is 14.7. The van der Waals surface area contributed by atoms with Crippen molar-refractivity contribution in [1.29, 1.82) is 0 Å². The largest absolute Gasteiger partial charge is 0.464 e. The van der Waals surface area contributed by atoms with E-state index in [2.05, 4.69) is 5.32 Å². The fourth-order valence-corrected chi connectivity index (χ4v) is 2.11. The zero-order valence-electron chi connectivity index (χ0n) is 12.2. The lowest BCUT2D eigenvalue weighted by molar-refractivity contribution is -0.137. The average Bonchev–Trinajstić information content (AvgIpc) is 2.75. The summed E-state index contributed by atoms with van der Waals surface area (Å²) >= 11 is 0. The van der Waals surface area contributed by atoms with Gasteiger partial charge in [0.2, 0.25) is 0 Å². The van der Waals surface area contributed by atoms with Crippen molar-refractivity contribution in [2.24, 2.45) is 0 Å². The van der Waals surface area contributed by atoms with E-state index in [4.69, 9.17) is 9.15 Å². The number of hydrogen-bond acceptors (Lipinski definition) is 4. The summed E-state index contributed by atoms with van der Waals surface area (Å²) in [5.41, 5.74) is 4.66. The van der Waals surface area contributed by atoms with E-state index in [1.54, 1.807) is 13.2 Å². The molecule has 0 spiro atoms. The van der Waals surface area contributed by atoms with Gasteiger partial charge in [0.25, 0.3) is 0 Å². The van der Waals surface area contributed by atoms with Crippen LogP contribution in [-0.4, -0.2) is 12.6 Å².